The van der Waals surface area contributed by atoms with E-state index in [-0.39, 0.29) is 30.3 Å². The van der Waals surface area contributed by atoms with Crippen LogP contribution in [0, 0.1) is 0 Å². The van der Waals surface area contributed by atoms with Crippen molar-refractivity contribution in [3.63, 3.8) is 0 Å². The Morgan fingerprint density at radius 2 is 2.00 bits per heavy atom. The maximum atomic E-state index is 11.6. The van der Waals surface area contributed by atoms with E-state index in [9.17, 15) is 9.59 Å². The van der Waals surface area contributed by atoms with Crippen molar-refractivity contribution >= 4 is 11.9 Å². The monoisotopic (exact) mass is 227 g/mol. The molecule has 0 bridgehead atoms. The van der Waals surface area contributed by atoms with Crippen LogP contribution in [0.15, 0.2) is 0 Å². The first-order valence-electron chi connectivity index (χ1n) is 5.23. The molecule has 7 heteroatoms. The fourth-order valence-corrected chi connectivity index (χ4v) is 2.08. The van der Waals surface area contributed by atoms with E-state index in [1.807, 2.05) is 19.0 Å². The Balaban J connectivity index is 2.07. The molecule has 0 aliphatic carbocycles. The Bertz CT molecular complexity index is 319. The lowest BCUT2D eigenvalue weighted by Crippen LogP contribution is -2.64. The van der Waals surface area contributed by atoms with Crippen molar-refractivity contribution in [3.8, 4) is 0 Å². The molecular formula is C9H17N5O2. The molecule has 0 spiro atoms. The maximum Gasteiger partial charge on any atom is 0.325 e. The predicted octanol–water partition coefficient (Wildman–Crippen LogP) is -2.06. The van der Waals surface area contributed by atoms with E-state index < -0.39 is 0 Å². The molecule has 0 aromatic heterocycles. The number of amides is 3. The predicted molar refractivity (Wildman–Crippen MR) is 57.5 cm³/mol. The molecule has 0 aromatic carbocycles. The molecule has 7 nitrogen and oxygen atoms in total. The number of carbonyl (C=O) groups excluding carboxylic acids is 2. The molecule has 3 amide bonds. The Morgan fingerprint density at radius 3 is 2.62 bits per heavy atom. The van der Waals surface area contributed by atoms with Crippen LogP contribution in [0.25, 0.3) is 0 Å². The molecule has 90 valence electrons. The van der Waals surface area contributed by atoms with Crippen LogP contribution in [-0.4, -0.2) is 67.8 Å². The molecule has 2 saturated heterocycles. The zero-order chi connectivity index (χ0) is 11.9. The second kappa shape index (κ2) is 4.00. The molecule has 3 N–H and O–H groups in total. The third kappa shape index (κ3) is 1.89. The number of hydrogen-bond donors (Lipinski definition) is 3. The minimum absolute atomic E-state index is 0.0177. The van der Waals surface area contributed by atoms with E-state index in [0.29, 0.717) is 0 Å². The van der Waals surface area contributed by atoms with Crippen LogP contribution in [0.1, 0.15) is 0 Å². The summed E-state index contributed by atoms with van der Waals surface area (Å²) in [6.45, 7) is 0.766. The zero-order valence-corrected chi connectivity index (χ0v) is 9.65. The Hall–Kier alpha value is -1.18. The summed E-state index contributed by atoms with van der Waals surface area (Å²) in [5.74, 6) is -0.262. The summed E-state index contributed by atoms with van der Waals surface area (Å²) in [6, 6.07) is -0.723. The van der Waals surface area contributed by atoms with Gasteiger partial charge in [0.05, 0.1) is 6.17 Å². The summed E-state index contributed by atoms with van der Waals surface area (Å²) in [5, 5.41) is 8.70. The molecule has 0 saturated carbocycles. The molecular weight excluding hydrogens is 210 g/mol. The van der Waals surface area contributed by atoms with Crippen LogP contribution in [0.5, 0.6) is 0 Å². The van der Waals surface area contributed by atoms with Crippen LogP contribution in [0.4, 0.5) is 4.79 Å². The van der Waals surface area contributed by atoms with Gasteiger partial charge in [-0.25, -0.2) is 4.79 Å². The quantitative estimate of drug-likeness (QED) is 0.506. The van der Waals surface area contributed by atoms with Gasteiger partial charge in [0.15, 0.2) is 0 Å². The number of urea groups is 1. The Labute approximate surface area is 94.1 Å². The second-order valence-corrected chi connectivity index (χ2v) is 4.48. The third-order valence-corrected chi connectivity index (χ3v) is 2.87. The number of carbonyl (C=O) groups is 2. The fourth-order valence-electron chi connectivity index (χ4n) is 2.08. The molecule has 3 unspecified atom stereocenters. The number of fused-ring (bicyclic) bond motifs is 1. The van der Waals surface area contributed by atoms with Gasteiger partial charge in [0.2, 0.25) is 5.91 Å². The fraction of sp³-hybridized carbons (Fsp3) is 0.778. The summed E-state index contributed by atoms with van der Waals surface area (Å²) in [6.07, 6.45) is -0.240. The van der Waals surface area contributed by atoms with Crippen LogP contribution >= 0.6 is 0 Å². The highest BCUT2D eigenvalue weighted by Gasteiger charge is 2.45. The summed E-state index contributed by atoms with van der Waals surface area (Å²) in [5.41, 5.74) is 0. The topological polar surface area (TPSA) is 76.7 Å². The van der Waals surface area contributed by atoms with E-state index in [2.05, 4.69) is 16.0 Å². The van der Waals surface area contributed by atoms with E-state index in [1.54, 1.807) is 7.05 Å². The first kappa shape index (κ1) is 11.3. The highest BCUT2D eigenvalue weighted by atomic mass is 16.2. The largest absolute Gasteiger partial charge is 0.325 e. The van der Waals surface area contributed by atoms with Gasteiger partial charge in [-0.1, -0.05) is 0 Å². The van der Waals surface area contributed by atoms with E-state index in [4.69, 9.17) is 0 Å². The molecule has 0 radical (unpaired) electrons. The molecule has 16 heavy (non-hydrogen) atoms. The highest BCUT2D eigenvalue weighted by Crippen LogP contribution is 2.13. The van der Waals surface area contributed by atoms with Crippen LogP contribution < -0.4 is 16.0 Å². The molecule has 0 aromatic rings. The smallest absolute Gasteiger partial charge is 0.310 e. The van der Waals surface area contributed by atoms with Crippen molar-refractivity contribution in [1.82, 2.24) is 25.8 Å². The van der Waals surface area contributed by atoms with Crippen LogP contribution in [-0.2, 0) is 4.79 Å². The van der Waals surface area contributed by atoms with Crippen molar-refractivity contribution in [2.24, 2.45) is 0 Å². The number of imide groups is 1. The normalized spacial score (nSPS) is 34.2. The number of hydrogen-bond acceptors (Lipinski definition) is 5. The van der Waals surface area contributed by atoms with Gasteiger partial charge in [0.1, 0.15) is 12.2 Å². The van der Waals surface area contributed by atoms with E-state index in [0.717, 1.165) is 6.54 Å². The molecule has 2 aliphatic heterocycles. The van der Waals surface area contributed by atoms with Gasteiger partial charge in [0, 0.05) is 13.6 Å². The van der Waals surface area contributed by atoms with Gasteiger partial charge >= 0.3 is 6.03 Å². The van der Waals surface area contributed by atoms with E-state index in [1.165, 1.54) is 4.90 Å². The van der Waals surface area contributed by atoms with Gasteiger partial charge in [-0.05, 0) is 14.1 Å². The Kier molecular flexibility index (Phi) is 2.83. The maximum absolute atomic E-state index is 11.6. The molecule has 2 rings (SSSR count). The summed E-state index contributed by atoms with van der Waals surface area (Å²) >= 11 is 0. The molecule has 2 heterocycles. The molecule has 2 aliphatic rings. The second-order valence-electron chi connectivity index (χ2n) is 4.48. The van der Waals surface area contributed by atoms with Crippen molar-refractivity contribution in [1.29, 1.82) is 0 Å². The first-order valence-corrected chi connectivity index (χ1v) is 5.23. The zero-order valence-electron chi connectivity index (χ0n) is 9.65. The number of rotatable bonds is 2. The standard InChI is InChI=1S/C9H17N5O2/c1-13(2)4-5-10-6-7(11-5)14(3)9(16)12-8(6)15/h5-7,10-11H,4H2,1-3H3,(H,12,15,16). The van der Waals surface area contributed by atoms with Gasteiger partial charge < -0.3 is 9.80 Å². The van der Waals surface area contributed by atoms with Gasteiger partial charge in [0.25, 0.3) is 0 Å². The summed E-state index contributed by atoms with van der Waals surface area (Å²) in [4.78, 5) is 26.5. The molecule has 2 fully saturated rings. The average Bonchev–Trinajstić information content (AvgIpc) is 2.58. The van der Waals surface area contributed by atoms with Gasteiger partial charge in [-0.3, -0.25) is 20.7 Å². The minimum atomic E-state index is -0.368. The average molecular weight is 227 g/mol. The number of nitrogens with one attached hydrogen (secondary N) is 3. The third-order valence-electron chi connectivity index (χ3n) is 2.87. The lowest BCUT2D eigenvalue weighted by Gasteiger charge is -2.32. The van der Waals surface area contributed by atoms with Gasteiger partial charge in [-0.2, -0.15) is 0 Å². The molecule has 3 atom stereocenters. The lowest BCUT2D eigenvalue weighted by atomic mass is 10.2. The number of likely N-dealkylation sites (N-methyl/N-ethyl adjacent to an activating group) is 2. The van der Waals surface area contributed by atoms with Crippen molar-refractivity contribution < 1.29 is 9.59 Å². The van der Waals surface area contributed by atoms with Gasteiger partial charge in [-0.15, -0.1) is 0 Å². The lowest BCUT2D eigenvalue weighted by molar-refractivity contribution is -0.124. The van der Waals surface area contributed by atoms with E-state index >= 15 is 0 Å². The first-order chi connectivity index (χ1) is 7.49. The summed E-state index contributed by atoms with van der Waals surface area (Å²) < 4.78 is 0. The van der Waals surface area contributed by atoms with Crippen LogP contribution in [0.3, 0.4) is 0 Å². The summed E-state index contributed by atoms with van der Waals surface area (Å²) in [7, 11) is 5.59. The van der Waals surface area contributed by atoms with Crippen molar-refractivity contribution in [2.45, 2.75) is 18.4 Å². The minimum Gasteiger partial charge on any atom is -0.310 e. The van der Waals surface area contributed by atoms with Crippen molar-refractivity contribution in [2.75, 3.05) is 27.7 Å². The highest BCUT2D eigenvalue weighted by molar-refractivity contribution is 6.00. The Morgan fingerprint density at radius 1 is 1.31 bits per heavy atom. The van der Waals surface area contributed by atoms with Crippen molar-refractivity contribution in [3.05, 3.63) is 0 Å². The SMILES string of the molecule is CN(C)CC1NC2C(=O)NC(=O)N(C)C2N1. The van der Waals surface area contributed by atoms with Crippen LogP contribution in [0.2, 0.25) is 0 Å². The number of nitrogens with zero attached hydrogens (tertiary/aromatic N) is 2.